The van der Waals surface area contributed by atoms with E-state index in [0.29, 0.717) is 11.7 Å². The lowest BCUT2D eigenvalue weighted by Gasteiger charge is -2.37. The molecule has 172 valence electrons. The molecule has 1 aromatic carbocycles. The Hall–Kier alpha value is -1.31. The zero-order chi connectivity index (χ0) is 21.6. The van der Waals surface area contributed by atoms with Gasteiger partial charge in [0, 0.05) is 0 Å². The van der Waals surface area contributed by atoms with Crippen LogP contribution in [0.3, 0.4) is 0 Å². The smallest absolute Gasteiger partial charge is 0.165 e. The summed E-state index contributed by atoms with van der Waals surface area (Å²) in [6.07, 6.45) is 22.9. The van der Waals surface area contributed by atoms with Crippen molar-refractivity contribution in [2.45, 2.75) is 110 Å². The molecule has 0 bridgehead atoms. The van der Waals surface area contributed by atoms with Crippen molar-refractivity contribution in [3.8, 4) is 5.75 Å². The van der Waals surface area contributed by atoms with Crippen molar-refractivity contribution in [2.75, 3.05) is 0 Å². The van der Waals surface area contributed by atoms with E-state index in [1.54, 1.807) is 6.07 Å². The highest BCUT2D eigenvalue weighted by Crippen LogP contribution is 2.42. The van der Waals surface area contributed by atoms with E-state index < -0.39 is 0 Å². The minimum atomic E-state index is -0.180. The average Bonchev–Trinajstić information content (AvgIpc) is 2.79. The third-order valence-electron chi connectivity index (χ3n) is 8.41. The molecule has 1 heterocycles. The van der Waals surface area contributed by atoms with Gasteiger partial charge in [-0.1, -0.05) is 58.1 Å². The molecule has 2 saturated carbocycles. The van der Waals surface area contributed by atoms with Crippen LogP contribution < -0.4 is 4.74 Å². The molecule has 2 heteroatoms. The summed E-state index contributed by atoms with van der Waals surface area (Å²) in [4.78, 5) is 0. The van der Waals surface area contributed by atoms with E-state index >= 15 is 0 Å². The quantitative estimate of drug-likeness (QED) is 0.423. The van der Waals surface area contributed by atoms with E-state index in [-0.39, 0.29) is 11.9 Å². The molecule has 0 N–H and O–H groups in total. The second-order valence-corrected chi connectivity index (χ2v) is 10.7. The van der Waals surface area contributed by atoms with Crippen LogP contribution in [0, 0.1) is 29.5 Å². The molecule has 0 saturated heterocycles. The van der Waals surface area contributed by atoms with Crippen molar-refractivity contribution in [3.05, 3.63) is 35.2 Å². The number of halogens is 1. The number of aryl methyl sites for hydroxylation is 1. The zero-order valence-corrected chi connectivity index (χ0v) is 19.9. The van der Waals surface area contributed by atoms with Gasteiger partial charge in [0.1, 0.15) is 0 Å². The summed E-state index contributed by atoms with van der Waals surface area (Å²) in [7, 11) is 0. The van der Waals surface area contributed by atoms with Crippen molar-refractivity contribution in [1.29, 1.82) is 0 Å². The van der Waals surface area contributed by atoms with Crippen LogP contribution >= 0.6 is 0 Å². The molecule has 2 aliphatic carbocycles. The second-order valence-electron chi connectivity index (χ2n) is 10.7. The first-order valence-corrected chi connectivity index (χ1v) is 13.3. The first-order valence-electron chi connectivity index (χ1n) is 13.3. The average molecular weight is 427 g/mol. The Balaban J connectivity index is 1.27. The summed E-state index contributed by atoms with van der Waals surface area (Å²) in [5.74, 6) is 3.96. The van der Waals surface area contributed by atoms with Crippen LogP contribution in [0.15, 0.2) is 18.2 Å². The Morgan fingerprint density at radius 3 is 2.23 bits per heavy atom. The number of hydrogen-bond acceptors (Lipinski definition) is 1. The van der Waals surface area contributed by atoms with Crippen LogP contribution in [0.1, 0.15) is 108 Å². The summed E-state index contributed by atoms with van der Waals surface area (Å²) in [6, 6.07) is 3.82. The third-order valence-corrected chi connectivity index (χ3v) is 8.41. The van der Waals surface area contributed by atoms with E-state index in [2.05, 4.69) is 32.1 Å². The summed E-state index contributed by atoms with van der Waals surface area (Å²) < 4.78 is 20.6. The number of fused-ring (bicyclic) bond motifs is 1. The molecular weight excluding hydrogens is 383 g/mol. The van der Waals surface area contributed by atoms with Gasteiger partial charge in [0.15, 0.2) is 11.6 Å². The fourth-order valence-electron chi connectivity index (χ4n) is 6.57. The molecule has 2 fully saturated rings. The highest BCUT2D eigenvalue weighted by molar-refractivity contribution is 5.54. The maximum Gasteiger partial charge on any atom is 0.165 e. The van der Waals surface area contributed by atoms with E-state index in [1.807, 2.05) is 0 Å². The lowest BCUT2D eigenvalue weighted by molar-refractivity contribution is 0.152. The molecule has 1 atom stereocenters. The van der Waals surface area contributed by atoms with Crippen LogP contribution in [0.4, 0.5) is 4.39 Å². The van der Waals surface area contributed by atoms with Gasteiger partial charge in [0.2, 0.25) is 0 Å². The van der Waals surface area contributed by atoms with Crippen molar-refractivity contribution in [1.82, 2.24) is 0 Å². The van der Waals surface area contributed by atoms with Gasteiger partial charge in [-0.15, -0.1) is 0 Å². The first kappa shape index (κ1) is 22.9. The normalized spacial score (nSPS) is 31.4. The minimum Gasteiger partial charge on any atom is -0.487 e. The highest BCUT2D eigenvalue weighted by atomic mass is 19.1. The van der Waals surface area contributed by atoms with Gasteiger partial charge in [0.25, 0.3) is 0 Å². The molecule has 3 aliphatic rings. The fraction of sp³-hybridized carbons (Fsp3) is 0.724. The van der Waals surface area contributed by atoms with Gasteiger partial charge in [0.05, 0.1) is 6.10 Å². The van der Waals surface area contributed by atoms with E-state index in [0.717, 1.165) is 54.6 Å². The molecule has 1 unspecified atom stereocenters. The Kier molecular flexibility index (Phi) is 8.13. The van der Waals surface area contributed by atoms with Crippen LogP contribution in [0.25, 0.3) is 6.08 Å². The summed E-state index contributed by atoms with van der Waals surface area (Å²) in [6.45, 7) is 4.49. The maximum atomic E-state index is 14.7. The minimum absolute atomic E-state index is 0.180. The van der Waals surface area contributed by atoms with Crippen LogP contribution in [0.5, 0.6) is 5.75 Å². The predicted octanol–water partition coefficient (Wildman–Crippen LogP) is 8.75. The van der Waals surface area contributed by atoms with Crippen molar-refractivity contribution in [3.63, 3.8) is 0 Å². The van der Waals surface area contributed by atoms with Crippen molar-refractivity contribution in [2.24, 2.45) is 23.7 Å². The van der Waals surface area contributed by atoms with E-state index in [1.165, 1.54) is 64.2 Å². The highest BCUT2D eigenvalue weighted by Gasteiger charge is 2.30. The lowest BCUT2D eigenvalue weighted by atomic mass is 9.68. The topological polar surface area (TPSA) is 9.23 Å². The van der Waals surface area contributed by atoms with Crippen LogP contribution in [0.2, 0.25) is 0 Å². The molecule has 1 aromatic rings. The number of hydrogen-bond donors (Lipinski definition) is 0. The molecule has 0 aromatic heterocycles. The number of rotatable bonds is 7. The van der Waals surface area contributed by atoms with Gasteiger partial charge < -0.3 is 4.74 Å². The Morgan fingerprint density at radius 2 is 1.55 bits per heavy atom. The van der Waals surface area contributed by atoms with E-state index in [9.17, 15) is 4.39 Å². The number of benzene rings is 1. The van der Waals surface area contributed by atoms with Crippen LogP contribution in [-0.2, 0) is 6.42 Å². The molecule has 31 heavy (non-hydrogen) atoms. The molecule has 0 radical (unpaired) electrons. The second kappa shape index (κ2) is 11.0. The summed E-state index contributed by atoms with van der Waals surface area (Å²) >= 11 is 0. The van der Waals surface area contributed by atoms with Gasteiger partial charge in [-0.3, -0.25) is 0 Å². The fourth-order valence-corrected chi connectivity index (χ4v) is 6.57. The summed E-state index contributed by atoms with van der Waals surface area (Å²) in [5, 5.41) is 0. The van der Waals surface area contributed by atoms with Gasteiger partial charge in [-0.2, -0.15) is 0 Å². The lowest BCUT2D eigenvalue weighted by Crippen LogP contribution is -2.25. The SMILES string of the molecule is CCCC1CCC(C2CCC(/C=C/c3cc(F)c4c(c3)CCC(CCC)O4)CC2)CC1. The van der Waals surface area contributed by atoms with Crippen molar-refractivity contribution >= 4 is 6.08 Å². The predicted molar refractivity (Wildman–Crippen MR) is 129 cm³/mol. The summed E-state index contributed by atoms with van der Waals surface area (Å²) in [5.41, 5.74) is 2.06. The third kappa shape index (κ3) is 5.93. The Bertz CT molecular complexity index is 722. The molecular formula is C29H43FO. The van der Waals surface area contributed by atoms with Gasteiger partial charge in [-0.05, 0) is 105 Å². The largest absolute Gasteiger partial charge is 0.487 e. The van der Waals surface area contributed by atoms with Gasteiger partial charge in [-0.25, -0.2) is 4.39 Å². The molecule has 1 aliphatic heterocycles. The molecule has 1 nitrogen and oxygen atoms in total. The van der Waals surface area contributed by atoms with E-state index in [4.69, 9.17) is 4.74 Å². The monoisotopic (exact) mass is 426 g/mol. The maximum absolute atomic E-state index is 14.7. The molecule has 0 spiro atoms. The van der Waals surface area contributed by atoms with Crippen molar-refractivity contribution < 1.29 is 9.13 Å². The zero-order valence-electron chi connectivity index (χ0n) is 19.9. The molecule has 4 rings (SSSR count). The number of ether oxygens (including phenoxy) is 1. The number of allylic oxidation sites excluding steroid dienone is 1. The standard InChI is InChI=1S/C29H43FO/c1-3-5-21-9-13-24(14-10-21)25-15-11-22(12-16-25)7-8-23-19-26-17-18-27(6-4-2)31-29(26)28(30)20-23/h7-8,19-22,24-25,27H,3-6,9-18H2,1-2H3/b8-7+. The van der Waals surface area contributed by atoms with Gasteiger partial charge >= 0.3 is 0 Å². The molecule has 0 amide bonds. The van der Waals surface area contributed by atoms with Crippen LogP contribution in [-0.4, -0.2) is 6.10 Å². The first-order chi connectivity index (χ1) is 15.2. The Labute approximate surface area is 189 Å². The Morgan fingerprint density at radius 1 is 0.871 bits per heavy atom.